The number of hydrogen-bond donors (Lipinski definition) is 1. The van der Waals surface area contributed by atoms with Gasteiger partial charge >= 0.3 is 0 Å². The van der Waals surface area contributed by atoms with Crippen molar-refractivity contribution in [1.29, 1.82) is 0 Å². The maximum absolute atomic E-state index is 11.7. The molecule has 0 fully saturated rings. The van der Waals surface area contributed by atoms with Gasteiger partial charge in [0.15, 0.2) is 0 Å². The molecule has 0 amide bonds. The standard InChI is InChI=1S/C10H12INO2S/c1-8-3-5-10(6-4-8)15(13,14)12-7-9(2)11/h3-6,12H,2,7H2,1H3. The van der Waals surface area contributed by atoms with E-state index in [1.54, 1.807) is 24.3 Å². The van der Waals surface area contributed by atoms with Gasteiger partial charge < -0.3 is 0 Å². The summed E-state index contributed by atoms with van der Waals surface area (Å²) >= 11 is 1.99. The van der Waals surface area contributed by atoms with Crippen LogP contribution in [0.5, 0.6) is 0 Å². The highest BCUT2D eigenvalue weighted by Crippen LogP contribution is 2.10. The lowest BCUT2D eigenvalue weighted by Crippen LogP contribution is -2.24. The Labute approximate surface area is 104 Å². The Balaban J connectivity index is 2.87. The number of hydrogen-bond acceptors (Lipinski definition) is 2. The van der Waals surface area contributed by atoms with Gasteiger partial charge in [-0.3, -0.25) is 0 Å². The molecule has 5 heteroatoms. The monoisotopic (exact) mass is 337 g/mol. The highest BCUT2D eigenvalue weighted by atomic mass is 127. The first-order valence-electron chi connectivity index (χ1n) is 4.31. The van der Waals surface area contributed by atoms with Crippen LogP contribution in [0.25, 0.3) is 0 Å². The molecule has 0 heterocycles. The molecule has 0 aliphatic rings. The highest BCUT2D eigenvalue weighted by Gasteiger charge is 2.12. The number of rotatable bonds is 4. The van der Waals surface area contributed by atoms with Crippen molar-refractivity contribution in [1.82, 2.24) is 4.72 Å². The van der Waals surface area contributed by atoms with Crippen molar-refractivity contribution in [2.75, 3.05) is 6.54 Å². The molecule has 1 rings (SSSR count). The van der Waals surface area contributed by atoms with E-state index in [1.807, 2.05) is 29.5 Å². The van der Waals surface area contributed by atoms with Gasteiger partial charge in [-0.1, -0.05) is 24.3 Å². The maximum Gasteiger partial charge on any atom is 0.240 e. The van der Waals surface area contributed by atoms with Crippen LogP contribution in [0.1, 0.15) is 5.56 Å². The largest absolute Gasteiger partial charge is 0.240 e. The summed E-state index contributed by atoms with van der Waals surface area (Å²) in [5.74, 6) is 0. The van der Waals surface area contributed by atoms with Gasteiger partial charge in [-0.15, -0.1) is 0 Å². The van der Waals surface area contributed by atoms with Crippen LogP contribution in [0, 0.1) is 6.92 Å². The molecule has 0 aromatic heterocycles. The fourth-order valence-electron chi connectivity index (χ4n) is 0.974. The zero-order valence-corrected chi connectivity index (χ0v) is 11.3. The Kier molecular flexibility index (Phi) is 4.30. The Hall–Kier alpha value is -0.400. The van der Waals surface area contributed by atoms with E-state index in [1.165, 1.54) is 0 Å². The third-order valence-corrected chi connectivity index (χ3v) is 3.58. The Bertz CT molecular complexity index is 451. The summed E-state index contributed by atoms with van der Waals surface area (Å²) in [4.78, 5) is 0.283. The molecule has 0 aliphatic heterocycles. The summed E-state index contributed by atoms with van der Waals surface area (Å²) < 4.78 is 26.6. The topological polar surface area (TPSA) is 46.2 Å². The van der Waals surface area contributed by atoms with E-state index < -0.39 is 10.0 Å². The van der Waals surface area contributed by atoms with E-state index in [0.717, 1.165) is 9.14 Å². The lowest BCUT2D eigenvalue weighted by atomic mass is 10.2. The summed E-state index contributed by atoms with van der Waals surface area (Å²) in [6.07, 6.45) is 0. The van der Waals surface area contributed by atoms with Gasteiger partial charge in [0.05, 0.1) is 4.90 Å². The third kappa shape index (κ3) is 3.92. The van der Waals surface area contributed by atoms with E-state index in [2.05, 4.69) is 11.3 Å². The average Bonchev–Trinajstić information content (AvgIpc) is 2.16. The lowest BCUT2D eigenvalue weighted by molar-refractivity contribution is 0.585. The molecule has 1 aromatic carbocycles. The van der Waals surface area contributed by atoms with E-state index in [4.69, 9.17) is 0 Å². The summed E-state index contributed by atoms with van der Waals surface area (Å²) in [5, 5.41) is 0. The predicted molar refractivity (Wildman–Crippen MR) is 69.5 cm³/mol. The van der Waals surface area contributed by atoms with Crippen molar-refractivity contribution in [2.45, 2.75) is 11.8 Å². The molecule has 0 radical (unpaired) electrons. The maximum atomic E-state index is 11.7. The first-order valence-corrected chi connectivity index (χ1v) is 6.87. The third-order valence-electron chi connectivity index (χ3n) is 1.79. The first-order chi connectivity index (χ1) is 6.92. The van der Waals surface area contributed by atoms with Crippen LogP contribution in [0.15, 0.2) is 39.3 Å². The van der Waals surface area contributed by atoms with Crippen LogP contribution in [-0.4, -0.2) is 15.0 Å². The summed E-state index contributed by atoms with van der Waals surface area (Å²) in [6.45, 7) is 5.80. The molecule has 0 bridgehead atoms. The van der Waals surface area contributed by atoms with Crippen molar-refractivity contribution in [2.24, 2.45) is 0 Å². The Morgan fingerprint density at radius 1 is 1.40 bits per heavy atom. The minimum Gasteiger partial charge on any atom is -0.207 e. The smallest absolute Gasteiger partial charge is 0.207 e. The second-order valence-electron chi connectivity index (χ2n) is 3.15. The number of halogens is 1. The van der Waals surface area contributed by atoms with Crippen LogP contribution >= 0.6 is 22.6 Å². The van der Waals surface area contributed by atoms with Crippen molar-refractivity contribution >= 4 is 32.6 Å². The van der Waals surface area contributed by atoms with E-state index in [-0.39, 0.29) is 11.4 Å². The fraction of sp³-hybridized carbons (Fsp3) is 0.200. The molecule has 0 saturated heterocycles. The zero-order chi connectivity index (χ0) is 11.5. The highest BCUT2D eigenvalue weighted by molar-refractivity contribution is 14.1. The van der Waals surface area contributed by atoms with E-state index in [9.17, 15) is 8.42 Å². The predicted octanol–water partition coefficient (Wildman–Crippen LogP) is 2.22. The molecular formula is C10H12INO2S. The quantitative estimate of drug-likeness (QED) is 0.857. The Morgan fingerprint density at radius 3 is 2.40 bits per heavy atom. The van der Waals surface area contributed by atoms with Crippen molar-refractivity contribution < 1.29 is 8.42 Å². The van der Waals surface area contributed by atoms with Gasteiger partial charge in [-0.2, -0.15) is 0 Å². The van der Waals surface area contributed by atoms with Gasteiger partial charge in [-0.25, -0.2) is 13.1 Å². The molecule has 0 atom stereocenters. The molecule has 1 aromatic rings. The average molecular weight is 337 g/mol. The first kappa shape index (κ1) is 12.7. The molecular weight excluding hydrogens is 325 g/mol. The van der Waals surface area contributed by atoms with Crippen LogP contribution in [0.4, 0.5) is 0 Å². The Morgan fingerprint density at radius 2 is 1.93 bits per heavy atom. The number of aryl methyl sites for hydroxylation is 1. The van der Waals surface area contributed by atoms with Gasteiger partial charge in [0.1, 0.15) is 0 Å². The molecule has 0 unspecified atom stereocenters. The van der Waals surface area contributed by atoms with Crippen molar-refractivity contribution in [3.63, 3.8) is 0 Å². The summed E-state index contributed by atoms with van der Waals surface area (Å²) in [5.41, 5.74) is 1.03. The van der Waals surface area contributed by atoms with Gasteiger partial charge in [0.2, 0.25) is 10.0 Å². The molecule has 0 aliphatic carbocycles. The summed E-state index contributed by atoms with van der Waals surface area (Å²) in [6, 6.07) is 6.72. The SMILES string of the molecule is C=C(I)CNS(=O)(=O)c1ccc(C)cc1. The van der Waals surface area contributed by atoms with Crippen molar-refractivity contribution in [3.05, 3.63) is 40.0 Å². The molecule has 3 nitrogen and oxygen atoms in total. The van der Waals surface area contributed by atoms with E-state index >= 15 is 0 Å². The van der Waals surface area contributed by atoms with Crippen LogP contribution in [0.3, 0.4) is 0 Å². The lowest BCUT2D eigenvalue weighted by Gasteiger charge is -2.05. The molecule has 0 saturated carbocycles. The van der Waals surface area contributed by atoms with Crippen LogP contribution in [0.2, 0.25) is 0 Å². The second kappa shape index (κ2) is 5.09. The number of benzene rings is 1. The number of sulfonamides is 1. The van der Waals surface area contributed by atoms with Gasteiger partial charge in [0.25, 0.3) is 0 Å². The minimum absolute atomic E-state index is 0.261. The van der Waals surface area contributed by atoms with E-state index in [0.29, 0.717) is 0 Å². The minimum atomic E-state index is -3.39. The van der Waals surface area contributed by atoms with Crippen LogP contribution in [-0.2, 0) is 10.0 Å². The van der Waals surface area contributed by atoms with Crippen LogP contribution < -0.4 is 4.72 Å². The fourth-order valence-corrected chi connectivity index (χ4v) is 2.45. The molecule has 0 spiro atoms. The van der Waals surface area contributed by atoms with Gasteiger partial charge in [-0.05, 0) is 45.2 Å². The molecule has 1 N–H and O–H groups in total. The normalized spacial score (nSPS) is 11.3. The molecule has 15 heavy (non-hydrogen) atoms. The second-order valence-corrected chi connectivity index (χ2v) is 6.45. The van der Waals surface area contributed by atoms with Crippen molar-refractivity contribution in [3.8, 4) is 0 Å². The number of nitrogens with one attached hydrogen (secondary N) is 1. The van der Waals surface area contributed by atoms with Gasteiger partial charge in [0, 0.05) is 6.54 Å². The molecule has 82 valence electrons. The summed E-state index contributed by atoms with van der Waals surface area (Å²) in [7, 11) is -3.39. The zero-order valence-electron chi connectivity index (χ0n) is 8.33.